The van der Waals surface area contributed by atoms with Crippen LogP contribution in [0.4, 0.5) is 5.82 Å². The number of aryl methyl sites for hydroxylation is 1. The number of hydrogen-bond acceptors (Lipinski definition) is 4. The molecule has 0 radical (unpaired) electrons. The molecule has 1 aromatic rings. The quantitative estimate of drug-likeness (QED) is 0.868. The Bertz CT molecular complexity index is 531. The lowest BCUT2D eigenvalue weighted by atomic mass is 10.1. The molecule has 0 amide bonds. The summed E-state index contributed by atoms with van der Waals surface area (Å²) in [6, 6.07) is 2.45. The Hall–Kier alpha value is -1.49. The minimum Gasteiger partial charge on any atom is -0.478 e. The molecule has 2 atom stereocenters. The zero-order valence-corrected chi connectivity index (χ0v) is 12.9. The van der Waals surface area contributed by atoms with Crippen LogP contribution >= 0.6 is 11.8 Å². The molecule has 2 rings (SSSR count). The number of nitrogens with zero attached hydrogens (tertiary/aromatic N) is 2. The highest BCUT2D eigenvalue weighted by Gasteiger charge is 2.26. The summed E-state index contributed by atoms with van der Waals surface area (Å²) in [5.41, 5.74) is 1.91. The average Bonchev–Trinajstić information content (AvgIpc) is 2.40. The van der Waals surface area contributed by atoms with Gasteiger partial charge in [0.2, 0.25) is 0 Å². The number of carboxylic acid groups (broad SMARTS) is 1. The van der Waals surface area contributed by atoms with Crippen molar-refractivity contribution in [1.29, 1.82) is 0 Å². The van der Waals surface area contributed by atoms with Crippen molar-refractivity contribution in [1.82, 2.24) is 4.98 Å². The first-order chi connectivity index (χ1) is 9.49. The summed E-state index contributed by atoms with van der Waals surface area (Å²) < 4.78 is 0. The number of rotatable bonds is 3. The van der Waals surface area contributed by atoms with Gasteiger partial charge in [-0.25, -0.2) is 9.78 Å². The van der Waals surface area contributed by atoms with E-state index >= 15 is 0 Å². The lowest BCUT2D eigenvalue weighted by Crippen LogP contribution is -2.45. The molecule has 0 saturated carbocycles. The van der Waals surface area contributed by atoms with E-state index in [-0.39, 0.29) is 0 Å². The molecule has 1 aromatic heterocycles. The average molecular weight is 292 g/mol. The van der Waals surface area contributed by atoms with Crippen LogP contribution in [-0.2, 0) is 4.79 Å². The van der Waals surface area contributed by atoms with Gasteiger partial charge in [-0.05, 0) is 37.1 Å². The molecule has 2 unspecified atom stereocenters. The van der Waals surface area contributed by atoms with E-state index < -0.39 is 5.97 Å². The summed E-state index contributed by atoms with van der Waals surface area (Å²) in [7, 11) is 0. The highest BCUT2D eigenvalue weighted by Crippen LogP contribution is 2.29. The number of thioether (sulfide) groups is 1. The van der Waals surface area contributed by atoms with Crippen molar-refractivity contribution in [2.24, 2.45) is 0 Å². The fourth-order valence-electron chi connectivity index (χ4n) is 2.38. The standard InChI is InChI=1S/C15H20N2O2S/c1-10-8-13(4-5-14(18)19)9-16-15(10)17-6-7-20-12(3)11(17)2/h4-5,8-9,11-12H,6-7H2,1-3H3,(H,18,19)/b5-4+. The van der Waals surface area contributed by atoms with Crippen LogP contribution in [0.1, 0.15) is 25.0 Å². The van der Waals surface area contributed by atoms with E-state index in [0.29, 0.717) is 11.3 Å². The molecule has 1 fully saturated rings. The molecular weight excluding hydrogens is 272 g/mol. The molecule has 108 valence electrons. The van der Waals surface area contributed by atoms with Crippen LogP contribution in [0.15, 0.2) is 18.3 Å². The van der Waals surface area contributed by atoms with Crippen LogP contribution < -0.4 is 4.90 Å². The van der Waals surface area contributed by atoms with Crippen molar-refractivity contribution in [3.05, 3.63) is 29.5 Å². The topological polar surface area (TPSA) is 53.4 Å². The molecular formula is C15H20N2O2S. The van der Waals surface area contributed by atoms with Gasteiger partial charge in [0.15, 0.2) is 0 Å². The van der Waals surface area contributed by atoms with E-state index in [0.717, 1.165) is 35.3 Å². The van der Waals surface area contributed by atoms with Crippen LogP contribution in [0.2, 0.25) is 0 Å². The predicted molar refractivity (Wildman–Crippen MR) is 84.4 cm³/mol. The molecule has 0 bridgehead atoms. The molecule has 0 spiro atoms. The highest BCUT2D eigenvalue weighted by atomic mass is 32.2. The Balaban J connectivity index is 2.23. The number of hydrogen-bond donors (Lipinski definition) is 1. The molecule has 1 aliphatic rings. The molecule has 5 heteroatoms. The third kappa shape index (κ3) is 3.33. The lowest BCUT2D eigenvalue weighted by Gasteiger charge is -2.39. The maximum Gasteiger partial charge on any atom is 0.328 e. The smallest absolute Gasteiger partial charge is 0.328 e. The number of aliphatic carboxylic acids is 1. The molecule has 4 nitrogen and oxygen atoms in total. The lowest BCUT2D eigenvalue weighted by molar-refractivity contribution is -0.131. The first kappa shape index (κ1) is 14.9. The van der Waals surface area contributed by atoms with Crippen LogP contribution in [0.3, 0.4) is 0 Å². The Morgan fingerprint density at radius 1 is 1.55 bits per heavy atom. The van der Waals surface area contributed by atoms with Gasteiger partial charge in [-0.2, -0.15) is 11.8 Å². The number of pyridine rings is 1. The van der Waals surface area contributed by atoms with Gasteiger partial charge in [-0.3, -0.25) is 0 Å². The van der Waals surface area contributed by atoms with E-state index in [1.54, 1.807) is 12.3 Å². The predicted octanol–water partition coefficient (Wildman–Crippen LogP) is 2.82. The van der Waals surface area contributed by atoms with Gasteiger partial charge >= 0.3 is 5.97 Å². The summed E-state index contributed by atoms with van der Waals surface area (Å²) in [4.78, 5) is 17.4. The second-order valence-corrected chi connectivity index (χ2v) is 6.58. The Morgan fingerprint density at radius 3 is 2.95 bits per heavy atom. The second-order valence-electron chi connectivity index (χ2n) is 5.09. The summed E-state index contributed by atoms with van der Waals surface area (Å²) in [6.07, 6.45) is 4.45. The fraction of sp³-hybridized carbons (Fsp3) is 0.467. The number of aromatic nitrogens is 1. The minimum absolute atomic E-state index is 0.459. The Kier molecular flexibility index (Phi) is 4.70. The van der Waals surface area contributed by atoms with Gasteiger partial charge < -0.3 is 10.0 Å². The third-order valence-electron chi connectivity index (χ3n) is 3.65. The van der Waals surface area contributed by atoms with E-state index in [1.165, 1.54) is 0 Å². The summed E-state index contributed by atoms with van der Waals surface area (Å²) >= 11 is 2.00. The zero-order valence-electron chi connectivity index (χ0n) is 12.0. The molecule has 2 heterocycles. The minimum atomic E-state index is -0.942. The number of anilines is 1. The SMILES string of the molecule is Cc1cc(/C=C/C(=O)O)cnc1N1CCSC(C)C1C. The van der Waals surface area contributed by atoms with E-state index in [9.17, 15) is 4.79 Å². The maximum atomic E-state index is 10.5. The van der Waals surface area contributed by atoms with Crippen molar-refractivity contribution in [3.63, 3.8) is 0 Å². The van der Waals surface area contributed by atoms with Crippen molar-refractivity contribution in [2.75, 3.05) is 17.2 Å². The first-order valence-electron chi connectivity index (χ1n) is 6.75. The van der Waals surface area contributed by atoms with E-state index in [4.69, 9.17) is 5.11 Å². The van der Waals surface area contributed by atoms with Gasteiger partial charge in [-0.15, -0.1) is 0 Å². The van der Waals surface area contributed by atoms with Crippen molar-refractivity contribution in [2.45, 2.75) is 32.1 Å². The maximum absolute atomic E-state index is 10.5. The summed E-state index contributed by atoms with van der Waals surface area (Å²) in [5, 5.41) is 9.24. The van der Waals surface area contributed by atoms with Crippen LogP contribution in [0.5, 0.6) is 0 Å². The summed E-state index contributed by atoms with van der Waals surface area (Å²) in [5.74, 6) is 1.19. The Morgan fingerprint density at radius 2 is 2.30 bits per heavy atom. The monoisotopic (exact) mass is 292 g/mol. The third-order valence-corrected chi connectivity index (χ3v) is 4.98. The summed E-state index contributed by atoms with van der Waals surface area (Å²) in [6.45, 7) is 7.52. The molecule has 0 aliphatic carbocycles. The number of carbonyl (C=O) groups is 1. The van der Waals surface area contributed by atoms with E-state index in [2.05, 4.69) is 23.7 Å². The number of carboxylic acids is 1. The van der Waals surface area contributed by atoms with Crippen molar-refractivity contribution < 1.29 is 9.90 Å². The van der Waals surface area contributed by atoms with Gasteiger partial charge in [0, 0.05) is 35.9 Å². The largest absolute Gasteiger partial charge is 0.478 e. The molecule has 1 aliphatic heterocycles. The van der Waals surface area contributed by atoms with Gasteiger partial charge in [0.05, 0.1) is 0 Å². The normalized spacial score (nSPS) is 23.2. The van der Waals surface area contributed by atoms with E-state index in [1.807, 2.05) is 24.8 Å². The van der Waals surface area contributed by atoms with Crippen LogP contribution in [0, 0.1) is 6.92 Å². The van der Waals surface area contributed by atoms with Crippen molar-refractivity contribution in [3.8, 4) is 0 Å². The molecule has 20 heavy (non-hydrogen) atoms. The zero-order chi connectivity index (χ0) is 14.7. The van der Waals surface area contributed by atoms with Gasteiger partial charge in [-0.1, -0.05) is 6.92 Å². The fourth-order valence-corrected chi connectivity index (χ4v) is 3.48. The van der Waals surface area contributed by atoms with Gasteiger partial charge in [0.1, 0.15) is 5.82 Å². The van der Waals surface area contributed by atoms with Gasteiger partial charge in [0.25, 0.3) is 0 Å². The first-order valence-corrected chi connectivity index (χ1v) is 7.80. The second kappa shape index (κ2) is 6.31. The van der Waals surface area contributed by atoms with Crippen LogP contribution in [-0.4, -0.2) is 39.6 Å². The molecule has 1 N–H and O–H groups in total. The Labute approximate surface area is 123 Å². The van der Waals surface area contributed by atoms with Crippen molar-refractivity contribution >= 4 is 29.6 Å². The molecule has 0 aromatic carbocycles. The highest BCUT2D eigenvalue weighted by molar-refractivity contribution is 8.00. The molecule has 1 saturated heterocycles. The van der Waals surface area contributed by atoms with Crippen LogP contribution in [0.25, 0.3) is 6.08 Å².